The average molecular weight is 231 g/mol. The van der Waals surface area contributed by atoms with Crippen molar-refractivity contribution in [3.63, 3.8) is 0 Å². The van der Waals surface area contributed by atoms with Crippen LogP contribution in [-0.2, 0) is 4.79 Å². The van der Waals surface area contributed by atoms with Gasteiger partial charge in [0.25, 0.3) is 0 Å². The van der Waals surface area contributed by atoms with Gasteiger partial charge in [0.15, 0.2) is 0 Å². The van der Waals surface area contributed by atoms with Crippen LogP contribution in [0.25, 0.3) is 0 Å². The van der Waals surface area contributed by atoms with Gasteiger partial charge in [0, 0.05) is 18.8 Å². The van der Waals surface area contributed by atoms with Crippen LogP contribution in [0.1, 0.15) is 6.92 Å². The summed E-state index contributed by atoms with van der Waals surface area (Å²) in [5.41, 5.74) is -4.21. The number of carboxylic acid groups (broad SMARTS) is 1. The molecule has 0 rings (SSSR count). The quantitative estimate of drug-likeness (QED) is 0.681. The third-order valence-corrected chi connectivity index (χ3v) is 2.15. The lowest BCUT2D eigenvalue weighted by Crippen LogP contribution is -2.28. The van der Waals surface area contributed by atoms with Gasteiger partial charge >= 0.3 is 11.5 Å². The second kappa shape index (κ2) is 6.13. The van der Waals surface area contributed by atoms with E-state index >= 15 is 0 Å². The highest BCUT2D eigenvalue weighted by atomic mass is 32.2. The van der Waals surface area contributed by atoms with Crippen LogP contribution in [0.2, 0.25) is 0 Å². The molecule has 0 aromatic heterocycles. The monoisotopic (exact) mass is 231 g/mol. The predicted molar refractivity (Wildman–Crippen MR) is 48.2 cm³/mol. The lowest BCUT2D eigenvalue weighted by Gasteiger charge is -2.08. The van der Waals surface area contributed by atoms with Gasteiger partial charge in [0.05, 0.1) is 5.92 Å². The molecule has 3 nitrogen and oxygen atoms in total. The van der Waals surface area contributed by atoms with Gasteiger partial charge in [-0.2, -0.15) is 13.2 Å². The fourth-order valence-corrected chi connectivity index (χ4v) is 1.12. The molecule has 1 atom stereocenters. The average Bonchev–Trinajstić information content (AvgIpc) is 2.01. The molecule has 0 aliphatic rings. The van der Waals surface area contributed by atoms with E-state index in [2.05, 4.69) is 5.32 Å². The number of hydrogen-bond donors (Lipinski definition) is 2. The zero-order valence-electron chi connectivity index (χ0n) is 7.60. The SMILES string of the molecule is CC(CNCCSC(F)(F)F)C(=O)O. The molecule has 0 spiro atoms. The fourth-order valence-electron chi connectivity index (χ4n) is 0.645. The molecule has 0 aromatic rings. The van der Waals surface area contributed by atoms with Crippen molar-refractivity contribution in [3.8, 4) is 0 Å². The topological polar surface area (TPSA) is 49.3 Å². The van der Waals surface area contributed by atoms with Crippen molar-refractivity contribution in [3.05, 3.63) is 0 Å². The number of rotatable bonds is 6. The fraction of sp³-hybridized carbons (Fsp3) is 0.857. The van der Waals surface area contributed by atoms with E-state index in [-0.39, 0.29) is 30.6 Å². The Bertz CT molecular complexity index is 186. The van der Waals surface area contributed by atoms with E-state index in [1.54, 1.807) is 0 Å². The summed E-state index contributed by atoms with van der Waals surface area (Å²) in [4.78, 5) is 10.3. The lowest BCUT2D eigenvalue weighted by atomic mass is 10.2. The van der Waals surface area contributed by atoms with E-state index in [0.29, 0.717) is 0 Å². The van der Waals surface area contributed by atoms with E-state index in [1.807, 2.05) is 0 Å². The Hall–Kier alpha value is -0.430. The Kier molecular flexibility index (Phi) is 5.94. The number of halogens is 3. The Morgan fingerprint density at radius 3 is 2.57 bits per heavy atom. The van der Waals surface area contributed by atoms with Crippen LogP contribution in [0, 0.1) is 5.92 Å². The number of thioether (sulfide) groups is 1. The van der Waals surface area contributed by atoms with E-state index in [4.69, 9.17) is 5.11 Å². The Labute approximate surface area is 84.1 Å². The standard InChI is InChI=1S/C7H12F3NO2S/c1-5(6(12)13)4-11-2-3-14-7(8,9)10/h5,11H,2-4H2,1H3,(H,12,13). The molecule has 84 valence electrons. The second-order valence-electron chi connectivity index (χ2n) is 2.74. The third kappa shape index (κ3) is 8.18. The number of nitrogens with one attached hydrogen (secondary N) is 1. The summed E-state index contributed by atoms with van der Waals surface area (Å²) in [5.74, 6) is -1.64. The predicted octanol–water partition coefficient (Wildman–Crippen LogP) is 1.55. The molecule has 2 N–H and O–H groups in total. The maximum atomic E-state index is 11.6. The summed E-state index contributed by atoms with van der Waals surface area (Å²) < 4.78 is 34.8. The first-order valence-electron chi connectivity index (χ1n) is 3.97. The summed E-state index contributed by atoms with van der Waals surface area (Å²) in [7, 11) is 0. The minimum absolute atomic E-state index is 0.101. The lowest BCUT2D eigenvalue weighted by molar-refractivity contribution is -0.140. The van der Waals surface area contributed by atoms with Gasteiger partial charge in [-0.05, 0) is 11.8 Å². The highest BCUT2D eigenvalue weighted by molar-refractivity contribution is 8.00. The number of carboxylic acids is 1. The molecule has 0 aliphatic heterocycles. The van der Waals surface area contributed by atoms with Gasteiger partial charge in [-0.3, -0.25) is 4.79 Å². The molecule has 1 unspecified atom stereocenters. The van der Waals surface area contributed by atoms with E-state index in [0.717, 1.165) is 0 Å². The molecule has 0 fully saturated rings. The van der Waals surface area contributed by atoms with Gasteiger partial charge in [-0.25, -0.2) is 0 Å². The smallest absolute Gasteiger partial charge is 0.441 e. The van der Waals surface area contributed by atoms with Crippen molar-refractivity contribution < 1.29 is 23.1 Å². The molecule has 0 saturated heterocycles. The number of hydrogen-bond acceptors (Lipinski definition) is 3. The summed E-state index contributed by atoms with van der Waals surface area (Å²) in [6.45, 7) is 1.84. The maximum Gasteiger partial charge on any atom is 0.441 e. The van der Waals surface area contributed by atoms with Crippen molar-refractivity contribution in [2.75, 3.05) is 18.8 Å². The molecule has 0 radical (unpaired) electrons. The van der Waals surface area contributed by atoms with Crippen LogP contribution < -0.4 is 5.32 Å². The molecule has 0 bridgehead atoms. The zero-order chi connectivity index (χ0) is 11.2. The maximum absolute atomic E-state index is 11.6. The number of alkyl halides is 3. The molecule has 7 heteroatoms. The van der Waals surface area contributed by atoms with E-state index < -0.39 is 17.4 Å². The van der Waals surface area contributed by atoms with Crippen LogP contribution in [0.4, 0.5) is 13.2 Å². The van der Waals surface area contributed by atoms with Crippen molar-refractivity contribution in [1.82, 2.24) is 5.32 Å². The van der Waals surface area contributed by atoms with Gasteiger partial charge in [-0.15, -0.1) is 0 Å². The first kappa shape index (κ1) is 13.6. The molecular weight excluding hydrogens is 219 g/mol. The van der Waals surface area contributed by atoms with Crippen LogP contribution >= 0.6 is 11.8 Å². The summed E-state index contributed by atoms with van der Waals surface area (Å²) in [6, 6.07) is 0. The minimum atomic E-state index is -4.21. The third-order valence-electron chi connectivity index (χ3n) is 1.42. The van der Waals surface area contributed by atoms with E-state index in [9.17, 15) is 18.0 Å². The summed E-state index contributed by atoms with van der Waals surface area (Å²) in [6.07, 6.45) is 0. The summed E-state index contributed by atoms with van der Waals surface area (Å²) in [5, 5.41) is 11.1. The zero-order valence-corrected chi connectivity index (χ0v) is 8.41. The van der Waals surface area contributed by atoms with Crippen LogP contribution in [-0.4, -0.2) is 35.4 Å². The molecule has 0 saturated carbocycles. The Balaban J connectivity index is 3.35. The van der Waals surface area contributed by atoms with E-state index in [1.165, 1.54) is 6.92 Å². The molecule has 0 aliphatic carbocycles. The number of carbonyl (C=O) groups is 1. The molecule has 0 heterocycles. The normalized spacial score (nSPS) is 14.0. The van der Waals surface area contributed by atoms with Gasteiger partial charge in [0.1, 0.15) is 0 Å². The first-order chi connectivity index (χ1) is 6.33. The molecule has 14 heavy (non-hydrogen) atoms. The van der Waals surface area contributed by atoms with Gasteiger partial charge in [-0.1, -0.05) is 6.92 Å². The minimum Gasteiger partial charge on any atom is -0.481 e. The largest absolute Gasteiger partial charge is 0.481 e. The molecule has 0 amide bonds. The Morgan fingerprint density at radius 2 is 2.14 bits per heavy atom. The molecular formula is C7H12F3NO2S. The van der Waals surface area contributed by atoms with Gasteiger partial charge < -0.3 is 10.4 Å². The van der Waals surface area contributed by atoms with Crippen LogP contribution in [0.15, 0.2) is 0 Å². The van der Waals surface area contributed by atoms with Gasteiger partial charge in [0.2, 0.25) is 0 Å². The Morgan fingerprint density at radius 1 is 1.57 bits per heavy atom. The van der Waals surface area contributed by atoms with Crippen molar-refractivity contribution in [2.24, 2.45) is 5.92 Å². The van der Waals surface area contributed by atoms with Crippen molar-refractivity contribution in [2.45, 2.75) is 12.4 Å². The number of aliphatic carboxylic acids is 1. The molecule has 0 aromatic carbocycles. The summed E-state index contributed by atoms with van der Waals surface area (Å²) >= 11 is -0.116. The van der Waals surface area contributed by atoms with Crippen molar-refractivity contribution in [1.29, 1.82) is 0 Å². The van der Waals surface area contributed by atoms with Crippen LogP contribution in [0.5, 0.6) is 0 Å². The van der Waals surface area contributed by atoms with Crippen molar-refractivity contribution >= 4 is 17.7 Å². The highest BCUT2D eigenvalue weighted by Crippen LogP contribution is 2.29. The second-order valence-corrected chi connectivity index (χ2v) is 3.90. The highest BCUT2D eigenvalue weighted by Gasteiger charge is 2.27. The van der Waals surface area contributed by atoms with Crippen LogP contribution in [0.3, 0.4) is 0 Å². The first-order valence-corrected chi connectivity index (χ1v) is 4.95.